The molecule has 0 spiro atoms. The van der Waals surface area contributed by atoms with E-state index in [-0.39, 0.29) is 5.56 Å². The van der Waals surface area contributed by atoms with Crippen molar-refractivity contribution < 1.29 is 24.0 Å². The maximum atomic E-state index is 12.2. The van der Waals surface area contributed by atoms with Crippen LogP contribution in [0.4, 0.5) is 0 Å². The molecule has 0 saturated carbocycles. The molecule has 0 atom stereocenters. The molecule has 5 nitrogen and oxygen atoms in total. The van der Waals surface area contributed by atoms with Gasteiger partial charge < -0.3 is 9.47 Å². The Morgan fingerprint density at radius 2 is 1.21 bits per heavy atom. The smallest absolute Gasteiger partial charge is 0.380 e. The van der Waals surface area contributed by atoms with Gasteiger partial charge in [-0.1, -0.05) is 83.6 Å². The van der Waals surface area contributed by atoms with Gasteiger partial charge in [0.25, 0.3) is 0 Å². The van der Waals surface area contributed by atoms with Crippen LogP contribution in [-0.4, -0.2) is 26.8 Å². The Hall–Kier alpha value is -1.75. The summed E-state index contributed by atoms with van der Waals surface area (Å²) in [6.45, 7) is 2.66. The van der Waals surface area contributed by atoms with Gasteiger partial charge in [-0.2, -0.15) is 4.89 Å². The van der Waals surface area contributed by atoms with Crippen molar-refractivity contribution in [1.82, 2.24) is 0 Å². The summed E-state index contributed by atoms with van der Waals surface area (Å²) >= 11 is 0. The van der Waals surface area contributed by atoms with Crippen molar-refractivity contribution in [3.05, 3.63) is 23.8 Å². The fraction of sp³-hybridized carbons (Fsp3) is 0.696. The standard InChI is InChI=1S/C23H38O5/c1-4-5-6-7-8-9-10-11-12-13-14-15-19-27-28-23(24)22-20(25-2)17-16-18-21(22)26-3/h16-18H,4-15,19H2,1-3H3. The summed E-state index contributed by atoms with van der Waals surface area (Å²) in [6, 6.07) is 5.12. The Balaban J connectivity index is 2.04. The van der Waals surface area contributed by atoms with Crippen molar-refractivity contribution in [3.8, 4) is 11.5 Å². The molecule has 160 valence electrons. The molecule has 1 aromatic carbocycles. The molecule has 0 aliphatic heterocycles. The summed E-state index contributed by atoms with van der Waals surface area (Å²) in [5, 5.41) is 0. The summed E-state index contributed by atoms with van der Waals surface area (Å²) < 4.78 is 10.4. The number of hydrogen-bond acceptors (Lipinski definition) is 5. The summed E-state index contributed by atoms with van der Waals surface area (Å²) in [6.07, 6.45) is 15.3. The number of unbranched alkanes of at least 4 members (excludes halogenated alkanes) is 11. The summed E-state index contributed by atoms with van der Waals surface area (Å²) in [5.41, 5.74) is 0.238. The first-order valence-corrected chi connectivity index (χ1v) is 10.8. The zero-order chi connectivity index (χ0) is 20.5. The first-order chi connectivity index (χ1) is 13.7. The van der Waals surface area contributed by atoms with Crippen LogP contribution in [0.1, 0.15) is 94.3 Å². The predicted molar refractivity (Wildman–Crippen MR) is 112 cm³/mol. The zero-order valence-corrected chi connectivity index (χ0v) is 18.0. The molecule has 0 aromatic heterocycles. The molecule has 0 bridgehead atoms. The van der Waals surface area contributed by atoms with Gasteiger partial charge in [-0.15, -0.1) is 0 Å². The molecule has 5 heteroatoms. The first kappa shape index (κ1) is 24.3. The largest absolute Gasteiger partial charge is 0.496 e. The van der Waals surface area contributed by atoms with Crippen molar-refractivity contribution in [2.24, 2.45) is 0 Å². The van der Waals surface area contributed by atoms with Gasteiger partial charge in [0.15, 0.2) is 0 Å². The van der Waals surface area contributed by atoms with Crippen LogP contribution in [0.5, 0.6) is 11.5 Å². The molecule has 1 aromatic rings. The lowest BCUT2D eigenvalue weighted by Gasteiger charge is -2.11. The second-order valence-electron chi connectivity index (χ2n) is 7.12. The normalized spacial score (nSPS) is 10.7. The van der Waals surface area contributed by atoms with E-state index in [0.29, 0.717) is 18.1 Å². The number of hydrogen-bond donors (Lipinski definition) is 0. The van der Waals surface area contributed by atoms with Crippen molar-refractivity contribution in [2.45, 2.75) is 84.0 Å². The molecule has 0 aliphatic rings. The molecule has 1 rings (SSSR count). The highest BCUT2D eigenvalue weighted by Gasteiger charge is 2.20. The van der Waals surface area contributed by atoms with E-state index < -0.39 is 5.97 Å². The molecule has 0 radical (unpaired) electrons. The Bertz CT molecular complexity index is 507. The van der Waals surface area contributed by atoms with E-state index in [2.05, 4.69) is 6.92 Å². The summed E-state index contributed by atoms with van der Waals surface area (Å²) in [4.78, 5) is 22.2. The van der Waals surface area contributed by atoms with Crippen LogP contribution in [0.2, 0.25) is 0 Å². The molecule has 28 heavy (non-hydrogen) atoms. The Labute approximate surface area is 170 Å². The number of carbonyl (C=O) groups excluding carboxylic acids is 1. The van der Waals surface area contributed by atoms with Gasteiger partial charge in [0.1, 0.15) is 17.1 Å². The molecule has 0 fully saturated rings. The fourth-order valence-electron chi connectivity index (χ4n) is 3.19. The SMILES string of the molecule is CCCCCCCCCCCCCCOOC(=O)c1c(OC)cccc1OC. The third-order valence-electron chi connectivity index (χ3n) is 4.85. The van der Waals surface area contributed by atoms with Crippen LogP contribution in [-0.2, 0) is 9.78 Å². The van der Waals surface area contributed by atoms with Crippen molar-refractivity contribution in [3.63, 3.8) is 0 Å². The highest BCUT2D eigenvalue weighted by Crippen LogP contribution is 2.28. The lowest BCUT2D eigenvalue weighted by atomic mass is 10.1. The third kappa shape index (κ3) is 9.98. The van der Waals surface area contributed by atoms with Crippen LogP contribution >= 0.6 is 0 Å². The number of carbonyl (C=O) groups is 1. The van der Waals surface area contributed by atoms with Gasteiger partial charge in [-0.3, -0.25) is 4.89 Å². The monoisotopic (exact) mass is 394 g/mol. The Morgan fingerprint density at radius 3 is 1.68 bits per heavy atom. The average Bonchev–Trinajstić information content (AvgIpc) is 2.73. The number of methoxy groups -OCH3 is 2. The van der Waals surface area contributed by atoms with Crippen molar-refractivity contribution >= 4 is 5.97 Å². The Morgan fingerprint density at radius 1 is 0.750 bits per heavy atom. The maximum Gasteiger partial charge on any atom is 0.380 e. The van der Waals surface area contributed by atoms with E-state index >= 15 is 0 Å². The molecule has 0 saturated heterocycles. The fourth-order valence-corrected chi connectivity index (χ4v) is 3.19. The van der Waals surface area contributed by atoms with E-state index in [1.165, 1.54) is 78.4 Å². The van der Waals surface area contributed by atoms with Crippen molar-refractivity contribution in [1.29, 1.82) is 0 Å². The topological polar surface area (TPSA) is 54.0 Å². The predicted octanol–water partition coefficient (Wildman–Crippen LogP) is 6.49. The maximum absolute atomic E-state index is 12.2. The lowest BCUT2D eigenvalue weighted by Crippen LogP contribution is -2.10. The van der Waals surface area contributed by atoms with Crippen LogP contribution in [0, 0.1) is 0 Å². The quantitative estimate of drug-likeness (QED) is 0.172. The molecular formula is C23H38O5. The van der Waals surface area contributed by atoms with Gasteiger partial charge in [0.05, 0.1) is 20.8 Å². The van der Waals surface area contributed by atoms with Crippen LogP contribution in [0.15, 0.2) is 18.2 Å². The average molecular weight is 395 g/mol. The number of rotatable bonds is 17. The third-order valence-corrected chi connectivity index (χ3v) is 4.85. The minimum atomic E-state index is -0.603. The minimum absolute atomic E-state index is 0.238. The van der Waals surface area contributed by atoms with E-state index in [9.17, 15) is 4.79 Å². The molecule has 0 amide bonds. The first-order valence-electron chi connectivity index (χ1n) is 10.8. The Kier molecular flexibility index (Phi) is 14.1. The number of benzene rings is 1. The zero-order valence-electron chi connectivity index (χ0n) is 18.0. The van der Waals surface area contributed by atoms with Gasteiger partial charge in [-0.05, 0) is 18.6 Å². The van der Waals surface area contributed by atoms with Gasteiger partial charge in [0, 0.05) is 0 Å². The highest BCUT2D eigenvalue weighted by molar-refractivity contribution is 5.95. The van der Waals surface area contributed by atoms with E-state index in [4.69, 9.17) is 19.2 Å². The number of ether oxygens (including phenoxy) is 2. The second-order valence-corrected chi connectivity index (χ2v) is 7.12. The van der Waals surface area contributed by atoms with E-state index in [1.807, 2.05) is 0 Å². The van der Waals surface area contributed by atoms with Gasteiger partial charge in [0.2, 0.25) is 0 Å². The van der Waals surface area contributed by atoms with E-state index in [1.54, 1.807) is 18.2 Å². The molecule has 0 aliphatic carbocycles. The summed E-state index contributed by atoms with van der Waals surface area (Å²) in [5.74, 6) is 0.199. The highest BCUT2D eigenvalue weighted by atomic mass is 17.2. The molecule has 0 N–H and O–H groups in total. The second kappa shape index (κ2) is 16.2. The van der Waals surface area contributed by atoms with Crippen LogP contribution < -0.4 is 9.47 Å². The molecule has 0 unspecified atom stereocenters. The molecule has 0 heterocycles. The van der Waals surface area contributed by atoms with E-state index in [0.717, 1.165) is 12.8 Å². The van der Waals surface area contributed by atoms with Crippen LogP contribution in [0.3, 0.4) is 0 Å². The lowest BCUT2D eigenvalue weighted by molar-refractivity contribution is -0.241. The molecular weight excluding hydrogens is 356 g/mol. The van der Waals surface area contributed by atoms with Crippen LogP contribution in [0.25, 0.3) is 0 Å². The van der Waals surface area contributed by atoms with Gasteiger partial charge >= 0.3 is 5.97 Å². The summed E-state index contributed by atoms with van der Waals surface area (Å²) in [7, 11) is 3.00. The van der Waals surface area contributed by atoms with Gasteiger partial charge in [-0.25, -0.2) is 4.79 Å². The minimum Gasteiger partial charge on any atom is -0.496 e. The van der Waals surface area contributed by atoms with Crippen molar-refractivity contribution in [2.75, 3.05) is 20.8 Å².